The lowest BCUT2D eigenvalue weighted by Crippen LogP contribution is -2.39. The highest BCUT2D eigenvalue weighted by Crippen LogP contribution is 2.38. The van der Waals surface area contributed by atoms with Gasteiger partial charge in [-0.05, 0) is 42.9 Å². The number of rotatable bonds is 2. The Hall–Kier alpha value is -0.890. The second-order valence-electron chi connectivity index (χ2n) is 6.12. The van der Waals surface area contributed by atoms with Crippen LogP contribution in [0.4, 0.5) is 11.4 Å². The van der Waals surface area contributed by atoms with E-state index in [0.717, 1.165) is 5.69 Å². The summed E-state index contributed by atoms with van der Waals surface area (Å²) in [5, 5.41) is 4.30. The normalized spacial score (nSPS) is 22.8. The van der Waals surface area contributed by atoms with E-state index < -0.39 is 0 Å². The highest BCUT2D eigenvalue weighted by molar-refractivity contribution is 6.33. The van der Waals surface area contributed by atoms with Crippen molar-refractivity contribution >= 4 is 23.0 Å². The SMILES string of the molecule is Cc1cc(N)c(Cl)cc1NC1CCCCC1(C)C. The first-order chi connectivity index (χ1) is 8.40. The quantitative estimate of drug-likeness (QED) is 0.767. The molecule has 3 N–H and O–H groups in total. The van der Waals surface area contributed by atoms with Crippen LogP contribution < -0.4 is 11.1 Å². The number of nitrogens with two attached hydrogens (primary N) is 1. The van der Waals surface area contributed by atoms with E-state index in [-0.39, 0.29) is 0 Å². The minimum Gasteiger partial charge on any atom is -0.398 e. The molecule has 1 aromatic carbocycles. The van der Waals surface area contributed by atoms with Crippen molar-refractivity contribution in [3.63, 3.8) is 0 Å². The van der Waals surface area contributed by atoms with E-state index in [1.54, 1.807) is 0 Å². The molecule has 18 heavy (non-hydrogen) atoms. The van der Waals surface area contributed by atoms with Crippen LogP contribution in [0.5, 0.6) is 0 Å². The first-order valence-corrected chi connectivity index (χ1v) is 7.10. The van der Waals surface area contributed by atoms with Gasteiger partial charge in [-0.2, -0.15) is 0 Å². The minimum atomic E-state index is 0.346. The Morgan fingerprint density at radius 3 is 2.72 bits per heavy atom. The minimum absolute atomic E-state index is 0.346. The summed E-state index contributed by atoms with van der Waals surface area (Å²) in [5.41, 5.74) is 9.10. The highest BCUT2D eigenvalue weighted by atomic mass is 35.5. The second kappa shape index (κ2) is 5.00. The van der Waals surface area contributed by atoms with Crippen LogP contribution in [-0.4, -0.2) is 6.04 Å². The van der Waals surface area contributed by atoms with Crippen LogP contribution in [-0.2, 0) is 0 Å². The zero-order chi connectivity index (χ0) is 13.3. The molecule has 0 bridgehead atoms. The van der Waals surface area contributed by atoms with Gasteiger partial charge in [0, 0.05) is 11.7 Å². The molecule has 1 aromatic rings. The van der Waals surface area contributed by atoms with Crippen molar-refractivity contribution in [2.24, 2.45) is 5.41 Å². The van der Waals surface area contributed by atoms with Crippen molar-refractivity contribution in [1.82, 2.24) is 0 Å². The maximum absolute atomic E-state index is 6.11. The monoisotopic (exact) mass is 266 g/mol. The molecule has 1 atom stereocenters. The Morgan fingerprint density at radius 1 is 1.33 bits per heavy atom. The number of nitrogen functional groups attached to an aromatic ring is 1. The van der Waals surface area contributed by atoms with Crippen molar-refractivity contribution in [2.45, 2.75) is 52.5 Å². The largest absolute Gasteiger partial charge is 0.398 e. The first kappa shape index (κ1) is 13.5. The van der Waals surface area contributed by atoms with Gasteiger partial charge in [0.25, 0.3) is 0 Å². The summed E-state index contributed by atoms with van der Waals surface area (Å²) in [6.07, 6.45) is 5.16. The molecule has 0 aliphatic heterocycles. The second-order valence-corrected chi connectivity index (χ2v) is 6.53. The molecule has 2 rings (SSSR count). The predicted molar refractivity (Wildman–Crippen MR) is 80.3 cm³/mol. The van der Waals surface area contributed by atoms with Crippen molar-refractivity contribution in [3.05, 3.63) is 22.7 Å². The molecular weight excluding hydrogens is 244 g/mol. The summed E-state index contributed by atoms with van der Waals surface area (Å²) in [5.74, 6) is 0. The van der Waals surface area contributed by atoms with Crippen LogP contribution in [0.15, 0.2) is 12.1 Å². The third-order valence-electron chi connectivity index (χ3n) is 4.18. The summed E-state index contributed by atoms with van der Waals surface area (Å²) in [7, 11) is 0. The molecular formula is C15H23ClN2. The lowest BCUT2D eigenvalue weighted by atomic mass is 9.73. The van der Waals surface area contributed by atoms with E-state index in [0.29, 0.717) is 22.2 Å². The fourth-order valence-corrected chi connectivity index (χ4v) is 2.97. The van der Waals surface area contributed by atoms with Gasteiger partial charge in [-0.25, -0.2) is 0 Å². The van der Waals surface area contributed by atoms with Gasteiger partial charge in [0.1, 0.15) is 0 Å². The number of hydrogen-bond acceptors (Lipinski definition) is 2. The molecule has 100 valence electrons. The molecule has 0 heterocycles. The van der Waals surface area contributed by atoms with Crippen molar-refractivity contribution in [3.8, 4) is 0 Å². The van der Waals surface area contributed by atoms with Gasteiger partial charge in [0.2, 0.25) is 0 Å². The lowest BCUT2D eigenvalue weighted by molar-refractivity contribution is 0.217. The van der Waals surface area contributed by atoms with Gasteiger partial charge in [-0.15, -0.1) is 0 Å². The summed E-state index contributed by atoms with van der Waals surface area (Å²) in [4.78, 5) is 0. The molecule has 1 aliphatic carbocycles. The van der Waals surface area contributed by atoms with Gasteiger partial charge in [-0.1, -0.05) is 38.3 Å². The number of hydrogen-bond donors (Lipinski definition) is 2. The van der Waals surface area contributed by atoms with Gasteiger partial charge in [0.05, 0.1) is 10.7 Å². The Balaban J connectivity index is 2.20. The molecule has 0 spiro atoms. The smallest absolute Gasteiger partial charge is 0.0656 e. The first-order valence-electron chi connectivity index (χ1n) is 6.72. The molecule has 1 fully saturated rings. The zero-order valence-corrected chi connectivity index (χ0v) is 12.3. The number of nitrogens with one attached hydrogen (secondary N) is 1. The molecule has 0 radical (unpaired) electrons. The lowest BCUT2D eigenvalue weighted by Gasteiger charge is -2.40. The topological polar surface area (TPSA) is 38.0 Å². The van der Waals surface area contributed by atoms with E-state index in [4.69, 9.17) is 17.3 Å². The van der Waals surface area contributed by atoms with Crippen LogP contribution in [0, 0.1) is 12.3 Å². The third kappa shape index (κ3) is 2.74. The molecule has 3 heteroatoms. The maximum atomic E-state index is 6.11. The molecule has 1 aliphatic rings. The highest BCUT2D eigenvalue weighted by Gasteiger charge is 2.32. The average Bonchev–Trinajstić information content (AvgIpc) is 2.28. The van der Waals surface area contributed by atoms with Gasteiger partial charge in [0.15, 0.2) is 0 Å². The molecule has 0 saturated heterocycles. The van der Waals surface area contributed by atoms with Crippen LogP contribution in [0.2, 0.25) is 5.02 Å². The Morgan fingerprint density at radius 2 is 2.06 bits per heavy atom. The van der Waals surface area contributed by atoms with Gasteiger partial charge >= 0.3 is 0 Å². The van der Waals surface area contributed by atoms with E-state index in [1.165, 1.54) is 31.2 Å². The van der Waals surface area contributed by atoms with Crippen molar-refractivity contribution in [2.75, 3.05) is 11.1 Å². The zero-order valence-electron chi connectivity index (χ0n) is 11.5. The molecule has 2 nitrogen and oxygen atoms in total. The third-order valence-corrected chi connectivity index (χ3v) is 4.51. The number of benzene rings is 1. The average molecular weight is 267 g/mol. The van der Waals surface area contributed by atoms with E-state index in [2.05, 4.69) is 26.1 Å². The summed E-state index contributed by atoms with van der Waals surface area (Å²) in [6.45, 7) is 6.76. The maximum Gasteiger partial charge on any atom is 0.0656 e. The van der Waals surface area contributed by atoms with Gasteiger partial charge < -0.3 is 11.1 Å². The standard InChI is InChI=1S/C15H23ClN2/c1-10-8-12(17)11(16)9-13(10)18-14-6-4-5-7-15(14,2)3/h8-9,14,18H,4-7,17H2,1-3H3. The van der Waals surface area contributed by atoms with E-state index in [1.807, 2.05) is 12.1 Å². The Kier molecular flexibility index (Phi) is 3.76. The van der Waals surface area contributed by atoms with Crippen molar-refractivity contribution in [1.29, 1.82) is 0 Å². The number of aryl methyl sites for hydroxylation is 1. The van der Waals surface area contributed by atoms with Crippen LogP contribution >= 0.6 is 11.6 Å². The van der Waals surface area contributed by atoms with Crippen LogP contribution in [0.1, 0.15) is 45.1 Å². The van der Waals surface area contributed by atoms with E-state index >= 15 is 0 Å². The fraction of sp³-hybridized carbons (Fsp3) is 0.600. The van der Waals surface area contributed by atoms with E-state index in [9.17, 15) is 0 Å². The van der Waals surface area contributed by atoms with Crippen LogP contribution in [0.25, 0.3) is 0 Å². The van der Waals surface area contributed by atoms with Gasteiger partial charge in [-0.3, -0.25) is 0 Å². The number of anilines is 2. The number of halogens is 1. The summed E-state index contributed by atoms with van der Waals surface area (Å²) >= 11 is 6.11. The molecule has 0 aromatic heterocycles. The Labute approximate surface area is 115 Å². The molecule has 1 saturated carbocycles. The Bertz CT molecular complexity index is 440. The summed E-state index contributed by atoms with van der Waals surface area (Å²) in [6, 6.07) is 4.42. The van der Waals surface area contributed by atoms with Crippen LogP contribution in [0.3, 0.4) is 0 Å². The summed E-state index contributed by atoms with van der Waals surface area (Å²) < 4.78 is 0. The predicted octanol–water partition coefficient (Wildman–Crippen LogP) is 4.61. The fourth-order valence-electron chi connectivity index (χ4n) is 2.81. The van der Waals surface area contributed by atoms with Crippen molar-refractivity contribution < 1.29 is 0 Å². The molecule has 1 unspecified atom stereocenters. The molecule has 0 amide bonds.